The second-order valence-corrected chi connectivity index (χ2v) is 2.43. The van der Waals surface area contributed by atoms with E-state index in [0.29, 0.717) is 0 Å². The summed E-state index contributed by atoms with van der Waals surface area (Å²) in [6.07, 6.45) is 2.67. The highest BCUT2D eigenvalue weighted by molar-refractivity contribution is 5.57. The average Bonchev–Trinajstić information content (AvgIpc) is 2.12. The lowest BCUT2D eigenvalue weighted by molar-refractivity contribution is 0.452. The SMILES string of the molecule is NC/C=C/c1c(O)ccc(F)c1F. The van der Waals surface area contributed by atoms with Gasteiger partial charge >= 0.3 is 0 Å². The predicted molar refractivity (Wildman–Crippen MR) is 46.1 cm³/mol. The number of nitrogens with two attached hydrogens (primary N) is 1. The van der Waals surface area contributed by atoms with Crippen LogP contribution in [0, 0.1) is 11.6 Å². The van der Waals surface area contributed by atoms with Crippen molar-refractivity contribution in [1.29, 1.82) is 0 Å². The zero-order valence-electron chi connectivity index (χ0n) is 6.80. The molecule has 0 atom stereocenters. The Kier molecular flexibility index (Phi) is 2.97. The number of halogens is 2. The van der Waals surface area contributed by atoms with Gasteiger partial charge in [-0.3, -0.25) is 0 Å². The van der Waals surface area contributed by atoms with E-state index in [0.717, 1.165) is 12.1 Å². The van der Waals surface area contributed by atoms with E-state index in [-0.39, 0.29) is 17.9 Å². The van der Waals surface area contributed by atoms with Gasteiger partial charge in [0.2, 0.25) is 0 Å². The minimum Gasteiger partial charge on any atom is -0.507 e. The van der Waals surface area contributed by atoms with E-state index in [2.05, 4.69) is 0 Å². The molecule has 0 spiro atoms. The fourth-order valence-electron chi connectivity index (χ4n) is 0.901. The molecule has 0 radical (unpaired) electrons. The third-order valence-corrected chi connectivity index (χ3v) is 1.53. The van der Waals surface area contributed by atoms with Crippen molar-refractivity contribution in [2.24, 2.45) is 5.73 Å². The van der Waals surface area contributed by atoms with E-state index in [9.17, 15) is 8.78 Å². The average molecular weight is 185 g/mol. The maximum atomic E-state index is 13.0. The molecule has 0 heterocycles. The van der Waals surface area contributed by atoms with Crippen molar-refractivity contribution in [2.75, 3.05) is 6.54 Å². The molecular formula is C9H9F2NO. The first kappa shape index (κ1) is 9.67. The summed E-state index contributed by atoms with van der Waals surface area (Å²) >= 11 is 0. The van der Waals surface area contributed by atoms with E-state index >= 15 is 0 Å². The summed E-state index contributed by atoms with van der Waals surface area (Å²) in [6.45, 7) is 0.204. The van der Waals surface area contributed by atoms with Crippen LogP contribution in [0.2, 0.25) is 0 Å². The Morgan fingerprint density at radius 1 is 1.38 bits per heavy atom. The van der Waals surface area contributed by atoms with E-state index < -0.39 is 11.6 Å². The van der Waals surface area contributed by atoms with Crippen molar-refractivity contribution in [2.45, 2.75) is 0 Å². The second-order valence-electron chi connectivity index (χ2n) is 2.43. The number of aromatic hydroxyl groups is 1. The minimum absolute atomic E-state index is 0.176. The Morgan fingerprint density at radius 3 is 2.69 bits per heavy atom. The Bertz CT molecular complexity index is 337. The van der Waals surface area contributed by atoms with Gasteiger partial charge in [0.1, 0.15) is 5.75 Å². The zero-order valence-corrected chi connectivity index (χ0v) is 6.80. The minimum atomic E-state index is -1.07. The summed E-state index contributed by atoms with van der Waals surface area (Å²) in [4.78, 5) is 0. The van der Waals surface area contributed by atoms with E-state index in [4.69, 9.17) is 10.8 Å². The molecule has 0 saturated carbocycles. The van der Waals surface area contributed by atoms with Crippen molar-refractivity contribution < 1.29 is 13.9 Å². The number of rotatable bonds is 2. The standard InChI is InChI=1S/C9H9F2NO/c10-7-3-4-8(13)6(9(7)11)2-1-5-12/h1-4,13H,5,12H2/b2-1+. The maximum Gasteiger partial charge on any atom is 0.169 e. The van der Waals surface area contributed by atoms with Gasteiger partial charge in [-0.2, -0.15) is 0 Å². The molecule has 0 aromatic heterocycles. The molecule has 2 nitrogen and oxygen atoms in total. The second kappa shape index (κ2) is 4.00. The van der Waals surface area contributed by atoms with Crippen molar-refractivity contribution in [1.82, 2.24) is 0 Å². The molecule has 13 heavy (non-hydrogen) atoms. The molecule has 70 valence electrons. The molecule has 1 aromatic rings. The monoisotopic (exact) mass is 185 g/mol. The summed E-state index contributed by atoms with van der Waals surface area (Å²) in [5, 5.41) is 9.14. The molecular weight excluding hydrogens is 176 g/mol. The maximum absolute atomic E-state index is 13.0. The molecule has 4 heteroatoms. The molecule has 1 aromatic carbocycles. The molecule has 0 bridgehead atoms. The van der Waals surface area contributed by atoms with Crippen LogP contribution in [-0.2, 0) is 0 Å². The highest BCUT2D eigenvalue weighted by Gasteiger charge is 2.09. The van der Waals surface area contributed by atoms with Gasteiger partial charge in [0.05, 0.1) is 5.56 Å². The quantitative estimate of drug-likeness (QED) is 0.735. The number of phenolic OH excluding ortho intramolecular Hbond substituents is 1. The fraction of sp³-hybridized carbons (Fsp3) is 0.111. The number of hydrogen-bond acceptors (Lipinski definition) is 2. The van der Waals surface area contributed by atoms with Gasteiger partial charge < -0.3 is 10.8 Å². The Morgan fingerprint density at radius 2 is 2.08 bits per heavy atom. The molecule has 1 rings (SSSR count). The molecule has 0 saturated heterocycles. The molecule has 0 aliphatic heterocycles. The van der Waals surface area contributed by atoms with Gasteiger partial charge in [-0.15, -0.1) is 0 Å². The summed E-state index contributed by atoms with van der Waals surface area (Å²) in [6, 6.07) is 1.96. The van der Waals surface area contributed by atoms with Crippen LogP contribution in [0.5, 0.6) is 5.75 Å². The van der Waals surface area contributed by atoms with Gasteiger partial charge in [0.25, 0.3) is 0 Å². The summed E-state index contributed by atoms with van der Waals surface area (Å²) in [5.41, 5.74) is 4.95. The first-order valence-electron chi connectivity index (χ1n) is 3.70. The van der Waals surface area contributed by atoms with Crippen molar-refractivity contribution >= 4 is 6.08 Å². The summed E-state index contributed by atoms with van der Waals surface area (Å²) < 4.78 is 25.6. The van der Waals surface area contributed by atoms with E-state index in [1.807, 2.05) is 0 Å². The van der Waals surface area contributed by atoms with Crippen molar-refractivity contribution in [3.63, 3.8) is 0 Å². The van der Waals surface area contributed by atoms with Gasteiger partial charge in [0, 0.05) is 6.54 Å². The number of hydrogen-bond donors (Lipinski definition) is 2. The van der Waals surface area contributed by atoms with Crippen LogP contribution in [0.15, 0.2) is 18.2 Å². The highest BCUT2D eigenvalue weighted by Crippen LogP contribution is 2.23. The molecule has 0 amide bonds. The van der Waals surface area contributed by atoms with E-state index in [1.54, 1.807) is 0 Å². The Hall–Kier alpha value is -1.42. The lowest BCUT2D eigenvalue weighted by Gasteiger charge is -2.00. The topological polar surface area (TPSA) is 46.2 Å². The van der Waals surface area contributed by atoms with E-state index in [1.165, 1.54) is 12.2 Å². The first-order valence-corrected chi connectivity index (χ1v) is 3.70. The number of phenols is 1. The number of benzene rings is 1. The normalized spacial score (nSPS) is 11.0. The van der Waals surface area contributed by atoms with Crippen LogP contribution >= 0.6 is 0 Å². The first-order chi connectivity index (χ1) is 6.16. The zero-order chi connectivity index (χ0) is 9.84. The molecule has 0 fully saturated rings. The van der Waals surface area contributed by atoms with Crippen LogP contribution < -0.4 is 5.73 Å². The fourth-order valence-corrected chi connectivity index (χ4v) is 0.901. The van der Waals surface area contributed by atoms with Crippen LogP contribution in [0.4, 0.5) is 8.78 Å². The molecule has 0 aliphatic carbocycles. The summed E-state index contributed by atoms with van der Waals surface area (Å²) in [7, 11) is 0. The molecule has 0 aliphatic rings. The smallest absolute Gasteiger partial charge is 0.169 e. The molecule has 0 unspecified atom stereocenters. The highest BCUT2D eigenvalue weighted by atomic mass is 19.2. The van der Waals surface area contributed by atoms with Crippen LogP contribution in [0.25, 0.3) is 6.08 Å². The van der Waals surface area contributed by atoms with Gasteiger partial charge in [0.15, 0.2) is 11.6 Å². The van der Waals surface area contributed by atoms with Crippen molar-refractivity contribution in [3.05, 3.63) is 35.4 Å². The lowest BCUT2D eigenvalue weighted by Crippen LogP contribution is -1.94. The largest absolute Gasteiger partial charge is 0.507 e. The Labute approximate surface area is 74.3 Å². The van der Waals surface area contributed by atoms with Gasteiger partial charge in [-0.1, -0.05) is 12.2 Å². The molecule has 3 N–H and O–H groups in total. The Balaban J connectivity index is 3.17. The lowest BCUT2D eigenvalue weighted by atomic mass is 10.1. The summed E-state index contributed by atoms with van der Waals surface area (Å²) in [5.74, 6) is -2.36. The van der Waals surface area contributed by atoms with Gasteiger partial charge in [-0.05, 0) is 12.1 Å². The van der Waals surface area contributed by atoms with Crippen LogP contribution in [0.3, 0.4) is 0 Å². The third-order valence-electron chi connectivity index (χ3n) is 1.53. The predicted octanol–water partition coefficient (Wildman–Crippen LogP) is 1.64. The van der Waals surface area contributed by atoms with Crippen LogP contribution in [0.1, 0.15) is 5.56 Å². The van der Waals surface area contributed by atoms with Gasteiger partial charge in [-0.25, -0.2) is 8.78 Å². The van der Waals surface area contributed by atoms with Crippen LogP contribution in [-0.4, -0.2) is 11.7 Å². The third kappa shape index (κ3) is 2.03. The van der Waals surface area contributed by atoms with Crippen molar-refractivity contribution in [3.8, 4) is 5.75 Å².